The van der Waals surface area contributed by atoms with Crippen LogP contribution in [0.25, 0.3) is 0 Å². The van der Waals surface area contributed by atoms with Gasteiger partial charge in [0.2, 0.25) is 5.76 Å². The fourth-order valence-electron chi connectivity index (χ4n) is 2.20. The molecular weight excluding hydrogens is 414 g/mol. The Morgan fingerprint density at radius 3 is 2.59 bits per heavy atom. The summed E-state index contributed by atoms with van der Waals surface area (Å²) in [5.74, 6) is 0.0227. The quantitative estimate of drug-likeness (QED) is 0.562. The van der Waals surface area contributed by atoms with E-state index in [2.05, 4.69) is 21.2 Å². The van der Waals surface area contributed by atoms with Crippen LogP contribution in [0.5, 0.6) is 5.75 Å². The van der Waals surface area contributed by atoms with E-state index in [-0.39, 0.29) is 12.4 Å². The Labute approximate surface area is 164 Å². The van der Waals surface area contributed by atoms with Crippen LogP contribution in [0.4, 0.5) is 5.69 Å². The predicted octanol–water partition coefficient (Wildman–Crippen LogP) is 4.42. The maximum atomic E-state index is 12.0. The molecule has 6 nitrogen and oxygen atoms in total. The van der Waals surface area contributed by atoms with Crippen molar-refractivity contribution < 1.29 is 23.5 Å². The molecule has 3 aromatic rings. The zero-order valence-electron chi connectivity index (χ0n) is 14.2. The fourth-order valence-corrected chi connectivity index (χ4v) is 2.60. The van der Waals surface area contributed by atoms with Crippen molar-refractivity contribution in [1.82, 2.24) is 0 Å². The van der Waals surface area contributed by atoms with Crippen molar-refractivity contribution in [2.45, 2.75) is 6.61 Å². The standard InChI is InChI=1S/C20H16BrNO5/c21-14-5-4-6-15(11-14)22-19(23)13-26-20(24)18-10-9-17(27-18)12-25-16-7-2-1-3-8-16/h1-11H,12-13H2,(H,22,23). The molecule has 138 valence electrons. The van der Waals surface area contributed by atoms with E-state index in [1.165, 1.54) is 6.07 Å². The minimum atomic E-state index is -0.717. The first-order valence-electron chi connectivity index (χ1n) is 8.09. The molecule has 0 unspecified atom stereocenters. The molecule has 1 aromatic heterocycles. The third-order valence-electron chi connectivity index (χ3n) is 3.43. The van der Waals surface area contributed by atoms with Gasteiger partial charge in [-0.05, 0) is 42.5 Å². The summed E-state index contributed by atoms with van der Waals surface area (Å²) < 4.78 is 16.7. The van der Waals surface area contributed by atoms with Crippen molar-refractivity contribution in [1.29, 1.82) is 0 Å². The Balaban J connectivity index is 1.47. The van der Waals surface area contributed by atoms with Crippen LogP contribution < -0.4 is 10.1 Å². The molecule has 1 N–H and O–H groups in total. The molecule has 27 heavy (non-hydrogen) atoms. The van der Waals surface area contributed by atoms with Crippen LogP contribution in [-0.4, -0.2) is 18.5 Å². The van der Waals surface area contributed by atoms with E-state index < -0.39 is 18.5 Å². The molecule has 0 aliphatic carbocycles. The largest absolute Gasteiger partial charge is 0.486 e. The van der Waals surface area contributed by atoms with Gasteiger partial charge in [0, 0.05) is 10.2 Å². The van der Waals surface area contributed by atoms with Gasteiger partial charge in [0.25, 0.3) is 5.91 Å². The van der Waals surface area contributed by atoms with Crippen LogP contribution in [0.1, 0.15) is 16.3 Å². The molecule has 0 radical (unpaired) electrons. The molecule has 0 spiro atoms. The highest BCUT2D eigenvalue weighted by Gasteiger charge is 2.15. The van der Waals surface area contributed by atoms with Crippen LogP contribution in [0, 0.1) is 0 Å². The molecule has 1 heterocycles. The number of furan rings is 1. The lowest BCUT2D eigenvalue weighted by Crippen LogP contribution is -2.20. The molecule has 7 heteroatoms. The van der Waals surface area contributed by atoms with E-state index in [1.807, 2.05) is 36.4 Å². The summed E-state index contributed by atoms with van der Waals surface area (Å²) in [5, 5.41) is 2.64. The van der Waals surface area contributed by atoms with Crippen molar-refractivity contribution in [3.05, 3.63) is 82.7 Å². The zero-order chi connectivity index (χ0) is 19.1. The number of para-hydroxylation sites is 1. The first kappa shape index (κ1) is 18.7. The lowest BCUT2D eigenvalue weighted by atomic mass is 10.3. The number of ether oxygens (including phenoxy) is 2. The summed E-state index contributed by atoms with van der Waals surface area (Å²) in [4.78, 5) is 23.9. The van der Waals surface area contributed by atoms with Crippen LogP contribution in [0.2, 0.25) is 0 Å². The summed E-state index contributed by atoms with van der Waals surface area (Å²) in [6.07, 6.45) is 0. The summed E-state index contributed by atoms with van der Waals surface area (Å²) in [5.41, 5.74) is 0.601. The van der Waals surface area contributed by atoms with Gasteiger partial charge in [-0.2, -0.15) is 0 Å². The summed E-state index contributed by atoms with van der Waals surface area (Å²) >= 11 is 3.32. The second-order valence-electron chi connectivity index (χ2n) is 5.50. The lowest BCUT2D eigenvalue weighted by molar-refractivity contribution is -0.119. The predicted molar refractivity (Wildman–Crippen MR) is 103 cm³/mol. The Kier molecular flexibility index (Phi) is 6.27. The highest BCUT2D eigenvalue weighted by molar-refractivity contribution is 9.10. The third-order valence-corrected chi connectivity index (χ3v) is 3.92. The highest BCUT2D eigenvalue weighted by atomic mass is 79.9. The fraction of sp³-hybridized carbons (Fsp3) is 0.100. The molecule has 2 aromatic carbocycles. The van der Waals surface area contributed by atoms with Gasteiger partial charge in [-0.3, -0.25) is 4.79 Å². The van der Waals surface area contributed by atoms with Crippen LogP contribution in [0.15, 0.2) is 75.6 Å². The van der Waals surface area contributed by atoms with Crippen LogP contribution in [-0.2, 0) is 16.1 Å². The van der Waals surface area contributed by atoms with Crippen molar-refractivity contribution in [2.75, 3.05) is 11.9 Å². The van der Waals surface area contributed by atoms with Crippen molar-refractivity contribution in [3.63, 3.8) is 0 Å². The minimum Gasteiger partial charge on any atom is -0.486 e. The SMILES string of the molecule is O=C(COC(=O)c1ccc(COc2ccccc2)o1)Nc1cccc(Br)c1. The number of hydrogen-bond donors (Lipinski definition) is 1. The van der Waals surface area contributed by atoms with Gasteiger partial charge in [0.05, 0.1) is 0 Å². The summed E-state index contributed by atoms with van der Waals surface area (Å²) in [6, 6.07) is 19.5. The van der Waals surface area contributed by atoms with Gasteiger partial charge in [-0.1, -0.05) is 40.2 Å². The maximum absolute atomic E-state index is 12.0. The van der Waals surface area contributed by atoms with E-state index in [0.29, 0.717) is 17.2 Å². The smallest absolute Gasteiger partial charge is 0.374 e. The second-order valence-corrected chi connectivity index (χ2v) is 6.42. The molecule has 1 amide bonds. The Hall–Kier alpha value is -3.06. The Morgan fingerprint density at radius 2 is 1.81 bits per heavy atom. The summed E-state index contributed by atoms with van der Waals surface area (Å²) in [6.45, 7) is -0.234. The number of rotatable bonds is 7. The van der Waals surface area contributed by atoms with E-state index in [4.69, 9.17) is 13.9 Å². The summed E-state index contributed by atoms with van der Waals surface area (Å²) in [7, 11) is 0. The molecule has 0 saturated heterocycles. The molecule has 0 aliphatic rings. The third kappa shape index (κ3) is 5.72. The average Bonchev–Trinajstić information content (AvgIpc) is 3.14. The normalized spacial score (nSPS) is 10.3. The topological polar surface area (TPSA) is 77.8 Å². The number of esters is 1. The van der Waals surface area contributed by atoms with Crippen LogP contribution in [0.3, 0.4) is 0 Å². The zero-order valence-corrected chi connectivity index (χ0v) is 15.8. The van der Waals surface area contributed by atoms with Gasteiger partial charge >= 0.3 is 5.97 Å². The number of carbonyl (C=O) groups excluding carboxylic acids is 2. The maximum Gasteiger partial charge on any atom is 0.374 e. The van der Waals surface area contributed by atoms with E-state index >= 15 is 0 Å². The highest BCUT2D eigenvalue weighted by Crippen LogP contribution is 2.16. The van der Waals surface area contributed by atoms with Gasteiger partial charge in [-0.25, -0.2) is 4.79 Å². The number of nitrogens with one attached hydrogen (secondary N) is 1. The number of anilines is 1. The lowest BCUT2D eigenvalue weighted by Gasteiger charge is -2.06. The number of amides is 1. The number of carbonyl (C=O) groups is 2. The van der Waals surface area contributed by atoms with Gasteiger partial charge in [-0.15, -0.1) is 0 Å². The molecule has 0 atom stereocenters. The second kappa shape index (κ2) is 9.05. The van der Waals surface area contributed by atoms with Crippen molar-refractivity contribution >= 4 is 33.5 Å². The molecule has 0 aliphatic heterocycles. The van der Waals surface area contributed by atoms with Crippen molar-refractivity contribution in [3.8, 4) is 5.75 Å². The van der Waals surface area contributed by atoms with Crippen LogP contribution >= 0.6 is 15.9 Å². The molecule has 3 rings (SSSR count). The van der Waals surface area contributed by atoms with E-state index in [0.717, 1.165) is 4.47 Å². The van der Waals surface area contributed by atoms with Gasteiger partial charge in [0.15, 0.2) is 6.61 Å². The first-order chi connectivity index (χ1) is 13.1. The Morgan fingerprint density at radius 1 is 1.00 bits per heavy atom. The minimum absolute atomic E-state index is 0.0110. The number of halogens is 1. The molecular formula is C20H16BrNO5. The molecule has 0 bridgehead atoms. The Bertz CT molecular complexity index is 923. The van der Waals surface area contributed by atoms with Gasteiger partial charge < -0.3 is 19.2 Å². The molecule has 0 fully saturated rings. The molecule has 0 saturated carbocycles. The first-order valence-corrected chi connectivity index (χ1v) is 8.88. The van der Waals surface area contributed by atoms with E-state index in [9.17, 15) is 9.59 Å². The van der Waals surface area contributed by atoms with E-state index in [1.54, 1.807) is 24.3 Å². The monoisotopic (exact) mass is 429 g/mol. The van der Waals surface area contributed by atoms with Crippen molar-refractivity contribution in [2.24, 2.45) is 0 Å². The average molecular weight is 430 g/mol. The van der Waals surface area contributed by atoms with Gasteiger partial charge in [0.1, 0.15) is 18.1 Å². The number of benzene rings is 2. The number of hydrogen-bond acceptors (Lipinski definition) is 5.